The lowest BCUT2D eigenvalue weighted by Crippen LogP contribution is -2.39. The Hall–Kier alpha value is -4.13. The van der Waals surface area contributed by atoms with Crippen LogP contribution < -0.4 is 10.1 Å². The largest absolute Gasteiger partial charge is 0.496 e. The Morgan fingerprint density at radius 1 is 0.972 bits per heavy atom. The van der Waals surface area contributed by atoms with Gasteiger partial charge in [0, 0.05) is 25.6 Å². The normalized spacial score (nSPS) is 11.0. The van der Waals surface area contributed by atoms with E-state index in [9.17, 15) is 9.59 Å². The third-order valence-electron chi connectivity index (χ3n) is 6.15. The Labute approximate surface area is 211 Å². The number of para-hydroxylation sites is 3. The quantitative estimate of drug-likeness (QED) is 0.361. The highest BCUT2D eigenvalue weighted by Crippen LogP contribution is 2.19. The van der Waals surface area contributed by atoms with Gasteiger partial charge in [-0.15, -0.1) is 0 Å². The molecule has 0 aliphatic rings. The summed E-state index contributed by atoms with van der Waals surface area (Å²) in [6.45, 7) is 5.17. The Bertz CT molecular complexity index is 1330. The third-order valence-corrected chi connectivity index (χ3v) is 6.15. The first-order chi connectivity index (χ1) is 17.5. The van der Waals surface area contributed by atoms with E-state index in [1.807, 2.05) is 84.0 Å². The van der Waals surface area contributed by atoms with E-state index in [1.165, 1.54) is 0 Å². The second kappa shape index (κ2) is 11.5. The molecule has 1 heterocycles. The minimum atomic E-state index is -0.208. The monoisotopic (exact) mass is 484 g/mol. The standard InChI is InChI=1S/C29H32N4O3/c1-21(2)32(19-22-11-5-4-6-12-22)28(34)20-33-25-15-9-8-14-24(25)31-27(33)17-18-30-29(35)23-13-7-10-16-26(23)36-3/h4-16,21H,17-20H2,1-3H3,(H,30,35). The lowest BCUT2D eigenvalue weighted by Gasteiger charge is -2.27. The van der Waals surface area contributed by atoms with E-state index in [4.69, 9.17) is 9.72 Å². The first kappa shape index (κ1) is 25.0. The van der Waals surface area contributed by atoms with E-state index in [-0.39, 0.29) is 24.4 Å². The predicted molar refractivity (Wildman–Crippen MR) is 141 cm³/mol. The van der Waals surface area contributed by atoms with Crippen LogP contribution in [0.15, 0.2) is 78.9 Å². The summed E-state index contributed by atoms with van der Waals surface area (Å²) in [5.74, 6) is 1.10. The zero-order valence-electron chi connectivity index (χ0n) is 21.0. The zero-order valence-corrected chi connectivity index (χ0v) is 21.0. The fourth-order valence-electron chi connectivity index (χ4n) is 4.27. The van der Waals surface area contributed by atoms with Crippen molar-refractivity contribution in [2.75, 3.05) is 13.7 Å². The van der Waals surface area contributed by atoms with Gasteiger partial charge in [-0.1, -0.05) is 54.6 Å². The van der Waals surface area contributed by atoms with Crippen molar-refractivity contribution in [1.82, 2.24) is 19.8 Å². The number of hydrogen-bond acceptors (Lipinski definition) is 4. The average Bonchev–Trinajstić information content (AvgIpc) is 3.24. The van der Waals surface area contributed by atoms with Crippen LogP contribution in [0, 0.1) is 0 Å². The van der Waals surface area contributed by atoms with E-state index >= 15 is 0 Å². The third kappa shape index (κ3) is 5.74. The van der Waals surface area contributed by atoms with Crippen LogP contribution in [0.3, 0.4) is 0 Å². The summed E-state index contributed by atoms with van der Waals surface area (Å²) in [6.07, 6.45) is 0.489. The second-order valence-electron chi connectivity index (χ2n) is 8.91. The number of methoxy groups -OCH3 is 1. The van der Waals surface area contributed by atoms with Crippen molar-refractivity contribution in [3.8, 4) is 5.75 Å². The fourth-order valence-corrected chi connectivity index (χ4v) is 4.27. The molecule has 0 aliphatic carbocycles. The lowest BCUT2D eigenvalue weighted by atomic mass is 10.2. The molecular formula is C29H32N4O3. The highest BCUT2D eigenvalue weighted by Gasteiger charge is 2.21. The average molecular weight is 485 g/mol. The van der Waals surface area contributed by atoms with Crippen LogP contribution in [-0.4, -0.2) is 46.0 Å². The van der Waals surface area contributed by atoms with Gasteiger partial charge in [0.25, 0.3) is 5.91 Å². The molecule has 36 heavy (non-hydrogen) atoms. The molecule has 0 fully saturated rings. The van der Waals surface area contributed by atoms with Crippen LogP contribution in [0.1, 0.15) is 35.6 Å². The number of amides is 2. The molecule has 3 aromatic carbocycles. The van der Waals surface area contributed by atoms with Crippen molar-refractivity contribution in [3.05, 3.63) is 95.8 Å². The molecule has 186 valence electrons. The van der Waals surface area contributed by atoms with Gasteiger partial charge in [0.15, 0.2) is 0 Å². The number of rotatable bonds is 10. The van der Waals surface area contributed by atoms with Gasteiger partial charge in [0.05, 0.1) is 23.7 Å². The van der Waals surface area contributed by atoms with E-state index in [1.54, 1.807) is 25.3 Å². The number of aromatic nitrogens is 2. The van der Waals surface area contributed by atoms with Crippen LogP contribution in [-0.2, 0) is 24.3 Å². The van der Waals surface area contributed by atoms with Crippen LogP contribution in [0.5, 0.6) is 5.75 Å². The Kier molecular flexibility index (Phi) is 8.00. The molecule has 0 spiro atoms. The Morgan fingerprint density at radius 3 is 2.42 bits per heavy atom. The number of imidazole rings is 1. The molecule has 0 bridgehead atoms. The molecule has 0 atom stereocenters. The molecule has 0 unspecified atom stereocenters. The smallest absolute Gasteiger partial charge is 0.255 e. The number of ether oxygens (including phenoxy) is 1. The minimum Gasteiger partial charge on any atom is -0.496 e. The van der Waals surface area contributed by atoms with E-state index in [0.29, 0.717) is 30.8 Å². The number of hydrogen-bond donors (Lipinski definition) is 1. The summed E-state index contributed by atoms with van der Waals surface area (Å²) < 4.78 is 7.26. The van der Waals surface area contributed by atoms with Gasteiger partial charge in [-0.05, 0) is 43.7 Å². The molecule has 0 aliphatic heterocycles. The zero-order chi connectivity index (χ0) is 25.5. The molecule has 0 radical (unpaired) electrons. The molecular weight excluding hydrogens is 452 g/mol. The number of fused-ring (bicyclic) bond motifs is 1. The molecule has 1 N–H and O–H groups in total. The van der Waals surface area contributed by atoms with Crippen LogP contribution in [0.4, 0.5) is 0 Å². The maximum absolute atomic E-state index is 13.5. The SMILES string of the molecule is COc1ccccc1C(=O)NCCc1nc2ccccc2n1CC(=O)N(Cc1ccccc1)C(C)C. The molecule has 4 rings (SSSR count). The van der Waals surface area contributed by atoms with Crippen LogP contribution >= 0.6 is 0 Å². The predicted octanol–water partition coefficient (Wildman–Crippen LogP) is 4.45. The second-order valence-corrected chi connectivity index (χ2v) is 8.91. The number of carbonyl (C=O) groups excluding carboxylic acids is 2. The van der Waals surface area contributed by atoms with Gasteiger partial charge in [-0.3, -0.25) is 9.59 Å². The molecule has 0 saturated heterocycles. The van der Waals surface area contributed by atoms with E-state index < -0.39 is 0 Å². The highest BCUT2D eigenvalue weighted by molar-refractivity contribution is 5.96. The summed E-state index contributed by atoms with van der Waals surface area (Å²) in [4.78, 5) is 32.9. The van der Waals surface area contributed by atoms with Gasteiger partial charge >= 0.3 is 0 Å². The molecule has 7 nitrogen and oxygen atoms in total. The maximum Gasteiger partial charge on any atom is 0.255 e. The molecule has 4 aromatic rings. The van der Waals surface area contributed by atoms with E-state index in [2.05, 4.69) is 5.32 Å². The molecule has 2 amide bonds. The van der Waals surface area contributed by atoms with Crippen molar-refractivity contribution < 1.29 is 14.3 Å². The van der Waals surface area contributed by atoms with Crippen molar-refractivity contribution in [3.63, 3.8) is 0 Å². The molecule has 7 heteroatoms. The van der Waals surface area contributed by atoms with Gasteiger partial charge in [-0.25, -0.2) is 4.98 Å². The van der Waals surface area contributed by atoms with Gasteiger partial charge in [0.2, 0.25) is 5.91 Å². The van der Waals surface area contributed by atoms with Crippen molar-refractivity contribution in [2.24, 2.45) is 0 Å². The molecule has 0 saturated carbocycles. The topological polar surface area (TPSA) is 76.5 Å². The summed E-state index contributed by atoms with van der Waals surface area (Å²) in [5, 5.41) is 2.95. The van der Waals surface area contributed by atoms with Crippen molar-refractivity contribution >= 4 is 22.8 Å². The highest BCUT2D eigenvalue weighted by atomic mass is 16.5. The maximum atomic E-state index is 13.5. The lowest BCUT2D eigenvalue weighted by molar-refractivity contribution is -0.134. The van der Waals surface area contributed by atoms with Crippen LogP contribution in [0.2, 0.25) is 0 Å². The summed E-state index contributed by atoms with van der Waals surface area (Å²) >= 11 is 0. The van der Waals surface area contributed by atoms with Crippen molar-refractivity contribution in [2.45, 2.75) is 39.4 Å². The van der Waals surface area contributed by atoms with Gasteiger partial charge < -0.3 is 19.5 Å². The first-order valence-electron chi connectivity index (χ1n) is 12.2. The number of nitrogens with zero attached hydrogens (tertiary/aromatic N) is 3. The summed E-state index contributed by atoms with van der Waals surface area (Å²) in [6, 6.07) is 25.0. The van der Waals surface area contributed by atoms with Crippen molar-refractivity contribution in [1.29, 1.82) is 0 Å². The number of benzene rings is 3. The van der Waals surface area contributed by atoms with Gasteiger partial charge in [0.1, 0.15) is 18.1 Å². The Balaban J connectivity index is 1.51. The number of nitrogens with one attached hydrogen (secondary N) is 1. The van der Waals surface area contributed by atoms with E-state index in [0.717, 1.165) is 22.4 Å². The minimum absolute atomic E-state index is 0.0244. The summed E-state index contributed by atoms with van der Waals surface area (Å²) in [7, 11) is 1.55. The fraction of sp³-hybridized carbons (Fsp3) is 0.276. The first-order valence-corrected chi connectivity index (χ1v) is 12.2. The van der Waals surface area contributed by atoms with Gasteiger partial charge in [-0.2, -0.15) is 0 Å². The molecule has 1 aromatic heterocycles. The number of carbonyl (C=O) groups is 2. The summed E-state index contributed by atoms with van der Waals surface area (Å²) in [5.41, 5.74) is 3.31. The van der Waals surface area contributed by atoms with Crippen LogP contribution in [0.25, 0.3) is 11.0 Å². The Morgan fingerprint density at radius 2 is 1.67 bits per heavy atom.